The molecule has 0 aliphatic rings. The smallest absolute Gasteiger partial charge is 0.240 e. The van der Waals surface area contributed by atoms with E-state index in [9.17, 15) is 13.2 Å². The van der Waals surface area contributed by atoms with Crippen LogP contribution in [0.25, 0.3) is 0 Å². The van der Waals surface area contributed by atoms with Gasteiger partial charge in [0.15, 0.2) is 9.84 Å². The number of nitrogen functional groups attached to an aromatic ring is 1. The number of ether oxygens (including phenoxy) is 1. The van der Waals surface area contributed by atoms with Gasteiger partial charge in [-0.15, -0.1) is 0 Å². The number of rotatable bonds is 6. The zero-order chi connectivity index (χ0) is 15.4. The Kier molecular flexibility index (Phi) is 4.99. The van der Waals surface area contributed by atoms with Crippen LogP contribution in [-0.4, -0.2) is 38.5 Å². The average molecular weight is 300 g/mol. The molecular formula is C13H20N2O4S. The minimum atomic E-state index is -3.47. The van der Waals surface area contributed by atoms with Crippen molar-refractivity contribution in [2.45, 2.75) is 18.6 Å². The fourth-order valence-corrected chi connectivity index (χ4v) is 1.73. The van der Waals surface area contributed by atoms with Gasteiger partial charge in [-0.3, -0.25) is 4.79 Å². The van der Waals surface area contributed by atoms with Crippen molar-refractivity contribution in [2.24, 2.45) is 0 Å². The predicted molar refractivity (Wildman–Crippen MR) is 78.3 cm³/mol. The molecule has 0 bridgehead atoms. The van der Waals surface area contributed by atoms with Gasteiger partial charge in [-0.05, 0) is 26.0 Å². The summed E-state index contributed by atoms with van der Waals surface area (Å²) in [6, 6.07) is 6.92. The highest BCUT2D eigenvalue weighted by Gasteiger charge is 2.38. The lowest BCUT2D eigenvalue weighted by atomic mass is 10.2. The quantitative estimate of drug-likeness (QED) is 0.592. The van der Waals surface area contributed by atoms with E-state index in [1.165, 1.54) is 13.8 Å². The molecule has 1 rings (SSSR count). The van der Waals surface area contributed by atoms with Crippen molar-refractivity contribution in [3.8, 4) is 5.75 Å². The van der Waals surface area contributed by atoms with Gasteiger partial charge in [-0.25, -0.2) is 8.42 Å². The van der Waals surface area contributed by atoms with Crippen LogP contribution in [-0.2, 0) is 14.6 Å². The predicted octanol–water partition coefficient (Wildman–Crippen LogP) is 0.587. The summed E-state index contributed by atoms with van der Waals surface area (Å²) in [6.45, 7) is 3.19. The molecule has 112 valence electrons. The highest BCUT2D eigenvalue weighted by Crippen LogP contribution is 2.15. The summed E-state index contributed by atoms with van der Waals surface area (Å²) in [5, 5.41) is 2.54. The van der Waals surface area contributed by atoms with Crippen LogP contribution >= 0.6 is 0 Å². The lowest BCUT2D eigenvalue weighted by Crippen LogP contribution is -2.48. The summed E-state index contributed by atoms with van der Waals surface area (Å²) in [5.74, 6) is 0.0535. The van der Waals surface area contributed by atoms with Gasteiger partial charge in [0, 0.05) is 18.0 Å². The van der Waals surface area contributed by atoms with Crippen LogP contribution in [0.3, 0.4) is 0 Å². The molecule has 0 atom stereocenters. The SMILES string of the molecule is CC(C)(C(=O)NCCOc1cccc(N)c1)S(C)(=O)=O. The lowest BCUT2D eigenvalue weighted by Gasteiger charge is -2.21. The van der Waals surface area contributed by atoms with Gasteiger partial charge in [0.2, 0.25) is 5.91 Å². The van der Waals surface area contributed by atoms with E-state index < -0.39 is 20.5 Å². The molecule has 7 heteroatoms. The van der Waals surface area contributed by atoms with Crippen molar-refractivity contribution in [2.75, 3.05) is 25.1 Å². The van der Waals surface area contributed by atoms with Gasteiger partial charge >= 0.3 is 0 Å². The molecule has 1 aromatic carbocycles. The largest absolute Gasteiger partial charge is 0.492 e. The average Bonchev–Trinajstić information content (AvgIpc) is 2.33. The zero-order valence-corrected chi connectivity index (χ0v) is 12.7. The van der Waals surface area contributed by atoms with Crippen LogP contribution in [0.5, 0.6) is 5.75 Å². The topological polar surface area (TPSA) is 98.5 Å². The van der Waals surface area contributed by atoms with Crippen molar-refractivity contribution >= 4 is 21.4 Å². The monoisotopic (exact) mass is 300 g/mol. The fraction of sp³-hybridized carbons (Fsp3) is 0.462. The van der Waals surface area contributed by atoms with Gasteiger partial charge in [0.1, 0.15) is 17.1 Å². The summed E-state index contributed by atoms with van der Waals surface area (Å²) in [5.41, 5.74) is 6.19. The molecule has 0 saturated heterocycles. The van der Waals surface area contributed by atoms with Gasteiger partial charge in [-0.2, -0.15) is 0 Å². The van der Waals surface area contributed by atoms with E-state index in [-0.39, 0.29) is 13.2 Å². The van der Waals surface area contributed by atoms with E-state index in [0.29, 0.717) is 11.4 Å². The molecule has 0 unspecified atom stereocenters. The third-order valence-corrected chi connectivity index (χ3v) is 5.03. The molecule has 0 fully saturated rings. The van der Waals surface area contributed by atoms with Crippen molar-refractivity contribution < 1.29 is 17.9 Å². The number of carbonyl (C=O) groups is 1. The van der Waals surface area contributed by atoms with E-state index in [1.54, 1.807) is 24.3 Å². The van der Waals surface area contributed by atoms with E-state index in [4.69, 9.17) is 10.5 Å². The van der Waals surface area contributed by atoms with Crippen molar-refractivity contribution in [3.63, 3.8) is 0 Å². The van der Waals surface area contributed by atoms with E-state index >= 15 is 0 Å². The Balaban J connectivity index is 2.44. The Hall–Kier alpha value is -1.76. The Bertz CT molecular complexity index is 582. The first-order chi connectivity index (χ1) is 9.14. The van der Waals surface area contributed by atoms with Crippen molar-refractivity contribution in [3.05, 3.63) is 24.3 Å². The first-order valence-electron chi connectivity index (χ1n) is 6.11. The number of amides is 1. The van der Waals surface area contributed by atoms with Crippen LogP contribution in [0, 0.1) is 0 Å². The molecule has 1 amide bonds. The number of hydrogen-bond donors (Lipinski definition) is 2. The normalized spacial score (nSPS) is 11.9. The van der Waals surface area contributed by atoms with E-state index in [0.717, 1.165) is 6.26 Å². The molecule has 0 aromatic heterocycles. The van der Waals surface area contributed by atoms with Crippen LogP contribution < -0.4 is 15.8 Å². The van der Waals surface area contributed by atoms with Gasteiger partial charge in [0.05, 0.1) is 6.54 Å². The van der Waals surface area contributed by atoms with E-state index in [1.807, 2.05) is 0 Å². The molecule has 0 aliphatic heterocycles. The molecule has 0 spiro atoms. The van der Waals surface area contributed by atoms with Crippen LogP contribution in [0.1, 0.15) is 13.8 Å². The van der Waals surface area contributed by atoms with Crippen molar-refractivity contribution in [1.82, 2.24) is 5.32 Å². The highest BCUT2D eigenvalue weighted by atomic mass is 32.2. The summed E-state index contributed by atoms with van der Waals surface area (Å²) >= 11 is 0. The summed E-state index contributed by atoms with van der Waals surface area (Å²) in [4.78, 5) is 11.8. The minimum Gasteiger partial charge on any atom is -0.492 e. The van der Waals surface area contributed by atoms with Gasteiger partial charge in [0.25, 0.3) is 0 Å². The third kappa shape index (κ3) is 4.12. The third-order valence-electron chi connectivity index (χ3n) is 2.99. The second kappa shape index (κ2) is 6.13. The second-order valence-corrected chi connectivity index (χ2v) is 7.52. The maximum Gasteiger partial charge on any atom is 0.240 e. The Morgan fingerprint density at radius 2 is 2.05 bits per heavy atom. The number of sulfone groups is 1. The first-order valence-corrected chi connectivity index (χ1v) is 8.00. The van der Waals surface area contributed by atoms with Crippen LogP contribution in [0.2, 0.25) is 0 Å². The Morgan fingerprint density at radius 3 is 2.60 bits per heavy atom. The molecule has 3 N–H and O–H groups in total. The number of carbonyl (C=O) groups excluding carboxylic acids is 1. The lowest BCUT2D eigenvalue weighted by molar-refractivity contribution is -0.122. The second-order valence-electron chi connectivity index (χ2n) is 4.96. The maximum atomic E-state index is 11.8. The number of anilines is 1. The molecule has 0 aliphatic carbocycles. The standard InChI is InChI=1S/C13H20N2O4S/c1-13(2,20(3,17)18)12(16)15-7-8-19-11-6-4-5-10(14)9-11/h4-6,9H,7-8,14H2,1-3H3,(H,15,16). The maximum absolute atomic E-state index is 11.8. The molecule has 0 radical (unpaired) electrons. The summed E-state index contributed by atoms with van der Waals surface area (Å²) in [7, 11) is -3.47. The highest BCUT2D eigenvalue weighted by molar-refractivity contribution is 7.92. The Labute approximate surface area is 119 Å². The summed E-state index contributed by atoms with van der Waals surface area (Å²) < 4.78 is 26.9. The Morgan fingerprint density at radius 1 is 1.40 bits per heavy atom. The van der Waals surface area contributed by atoms with E-state index in [2.05, 4.69) is 5.32 Å². The summed E-state index contributed by atoms with van der Waals surface area (Å²) in [6.07, 6.45) is 1.04. The zero-order valence-electron chi connectivity index (χ0n) is 11.8. The number of nitrogens with two attached hydrogens (primary N) is 1. The van der Waals surface area contributed by atoms with Gasteiger partial charge in [-0.1, -0.05) is 6.07 Å². The van der Waals surface area contributed by atoms with Crippen LogP contribution in [0.15, 0.2) is 24.3 Å². The number of nitrogens with one attached hydrogen (secondary N) is 1. The number of benzene rings is 1. The fourth-order valence-electron chi connectivity index (χ4n) is 1.32. The van der Waals surface area contributed by atoms with Crippen molar-refractivity contribution in [1.29, 1.82) is 0 Å². The molecule has 20 heavy (non-hydrogen) atoms. The first kappa shape index (κ1) is 16.3. The minimum absolute atomic E-state index is 0.215. The molecule has 0 saturated carbocycles. The molecule has 0 heterocycles. The molecule has 6 nitrogen and oxygen atoms in total. The molecule has 1 aromatic rings. The molecular weight excluding hydrogens is 280 g/mol. The van der Waals surface area contributed by atoms with Crippen LogP contribution in [0.4, 0.5) is 5.69 Å². The van der Waals surface area contributed by atoms with Gasteiger partial charge < -0.3 is 15.8 Å². The number of hydrogen-bond acceptors (Lipinski definition) is 5.